The molecule has 0 saturated heterocycles. The van der Waals surface area contributed by atoms with Crippen LogP contribution in [0.4, 0.5) is 23.2 Å². The van der Waals surface area contributed by atoms with Crippen molar-refractivity contribution < 1.29 is 22.4 Å². The third kappa shape index (κ3) is 7.45. The molecule has 168 valence electrons. The standard InChI is InChI=1S/C16H16F2N2O.C7H11F2N/c1-10-8-11(16(2,3)18)9-19-14(10)15(21)20-13-6-4-12(17)5-7-13;1-5-3-2-4-6(10-5)7(8)9/h4-9H,1-3H3,(H,20,21);6-7H,2-4H2,1H3. The molecule has 8 heteroatoms. The molecule has 2 heterocycles. The number of aliphatic imine (C=N–C) groups is 1. The molecule has 1 aromatic carbocycles. The van der Waals surface area contributed by atoms with E-state index in [1.165, 1.54) is 44.3 Å². The van der Waals surface area contributed by atoms with Gasteiger partial charge >= 0.3 is 0 Å². The molecule has 0 saturated carbocycles. The van der Waals surface area contributed by atoms with Crippen molar-refractivity contribution in [3.8, 4) is 0 Å². The number of pyridine rings is 1. The molecule has 1 N–H and O–H groups in total. The summed E-state index contributed by atoms with van der Waals surface area (Å²) in [5.41, 5.74) is 1.04. The SMILES string of the molecule is CC1=NC(C(F)F)CCC1.Cc1cc(C(C)(C)F)cnc1C(=O)Nc1ccc(F)cc1. The quantitative estimate of drug-likeness (QED) is 0.575. The van der Waals surface area contributed by atoms with Crippen LogP contribution in [0.3, 0.4) is 0 Å². The summed E-state index contributed by atoms with van der Waals surface area (Å²) < 4.78 is 50.6. The van der Waals surface area contributed by atoms with Gasteiger partial charge in [0.25, 0.3) is 12.3 Å². The number of alkyl halides is 3. The summed E-state index contributed by atoms with van der Waals surface area (Å²) in [6, 6.07) is 6.32. The van der Waals surface area contributed by atoms with E-state index >= 15 is 0 Å². The van der Waals surface area contributed by atoms with Crippen molar-refractivity contribution >= 4 is 17.3 Å². The highest BCUT2D eigenvalue weighted by Crippen LogP contribution is 2.25. The molecule has 0 bridgehead atoms. The van der Waals surface area contributed by atoms with Crippen LogP contribution in [0.2, 0.25) is 0 Å². The van der Waals surface area contributed by atoms with E-state index < -0.39 is 24.0 Å². The molecule has 0 fully saturated rings. The van der Waals surface area contributed by atoms with Gasteiger partial charge in [-0.3, -0.25) is 14.8 Å². The first-order valence-electron chi connectivity index (χ1n) is 10.0. The molecule has 4 nitrogen and oxygen atoms in total. The minimum absolute atomic E-state index is 0.215. The van der Waals surface area contributed by atoms with E-state index in [-0.39, 0.29) is 11.5 Å². The maximum absolute atomic E-state index is 13.8. The van der Waals surface area contributed by atoms with E-state index in [2.05, 4.69) is 15.3 Å². The van der Waals surface area contributed by atoms with Gasteiger partial charge in [-0.2, -0.15) is 0 Å². The fraction of sp³-hybridized carbons (Fsp3) is 0.435. The largest absolute Gasteiger partial charge is 0.321 e. The Hall–Kier alpha value is -2.77. The minimum atomic E-state index is -2.27. The third-order valence-corrected chi connectivity index (χ3v) is 4.80. The Morgan fingerprint density at radius 3 is 2.32 bits per heavy atom. The highest BCUT2D eigenvalue weighted by atomic mass is 19.3. The van der Waals surface area contributed by atoms with Crippen LogP contribution in [-0.4, -0.2) is 29.1 Å². The average molecular weight is 437 g/mol. The van der Waals surface area contributed by atoms with Crippen LogP contribution < -0.4 is 5.32 Å². The van der Waals surface area contributed by atoms with Gasteiger partial charge in [0.2, 0.25) is 0 Å². The topological polar surface area (TPSA) is 54.4 Å². The summed E-state index contributed by atoms with van der Waals surface area (Å²) in [5.74, 6) is -0.792. The first kappa shape index (κ1) is 24.5. The Morgan fingerprint density at radius 1 is 1.19 bits per heavy atom. The monoisotopic (exact) mass is 437 g/mol. The van der Waals surface area contributed by atoms with E-state index in [1.807, 2.05) is 6.92 Å². The number of hydrogen-bond acceptors (Lipinski definition) is 3. The smallest absolute Gasteiger partial charge is 0.274 e. The Labute approximate surface area is 179 Å². The maximum atomic E-state index is 13.8. The molecule has 3 rings (SSSR count). The molecule has 2 aromatic rings. The Balaban J connectivity index is 0.000000285. The Bertz CT molecular complexity index is 921. The number of halogens is 4. The van der Waals surface area contributed by atoms with Crippen LogP contribution in [0.5, 0.6) is 0 Å². The number of anilines is 1. The van der Waals surface area contributed by atoms with Crippen LogP contribution >= 0.6 is 0 Å². The molecule has 1 atom stereocenters. The van der Waals surface area contributed by atoms with Crippen LogP contribution in [0.1, 0.15) is 61.6 Å². The summed E-state index contributed by atoms with van der Waals surface area (Å²) in [6.07, 6.45) is 1.39. The number of aromatic nitrogens is 1. The zero-order valence-corrected chi connectivity index (χ0v) is 18.1. The fourth-order valence-corrected chi connectivity index (χ4v) is 3.02. The van der Waals surface area contributed by atoms with Gasteiger partial charge in [0.15, 0.2) is 0 Å². The highest BCUT2D eigenvalue weighted by Gasteiger charge is 2.22. The molecule has 0 spiro atoms. The number of carbonyl (C=O) groups excluding carboxylic acids is 1. The number of nitrogens with zero attached hydrogens (tertiary/aromatic N) is 2. The van der Waals surface area contributed by atoms with Gasteiger partial charge in [0.05, 0.1) is 0 Å². The van der Waals surface area contributed by atoms with Gasteiger partial charge in [-0.1, -0.05) is 0 Å². The number of aryl methyl sites for hydroxylation is 1. The zero-order chi connectivity index (χ0) is 23.2. The molecule has 0 radical (unpaired) electrons. The lowest BCUT2D eigenvalue weighted by molar-refractivity contribution is 0.102. The second kappa shape index (κ2) is 10.5. The van der Waals surface area contributed by atoms with Crippen molar-refractivity contribution in [3.05, 3.63) is 59.2 Å². The van der Waals surface area contributed by atoms with E-state index in [0.29, 0.717) is 23.2 Å². The van der Waals surface area contributed by atoms with Gasteiger partial charge in [0, 0.05) is 23.2 Å². The van der Waals surface area contributed by atoms with Crippen LogP contribution in [0.15, 0.2) is 41.5 Å². The lowest BCUT2D eigenvalue weighted by atomic mass is 10.00. The Morgan fingerprint density at radius 2 is 1.84 bits per heavy atom. The van der Waals surface area contributed by atoms with Crippen molar-refractivity contribution in [3.63, 3.8) is 0 Å². The molecule has 31 heavy (non-hydrogen) atoms. The van der Waals surface area contributed by atoms with Crippen molar-refractivity contribution in [1.29, 1.82) is 0 Å². The summed E-state index contributed by atoms with van der Waals surface area (Å²) in [5, 5.41) is 2.62. The molecule has 1 aliphatic rings. The second-order valence-corrected chi connectivity index (χ2v) is 7.98. The fourth-order valence-electron chi connectivity index (χ4n) is 3.02. The molecular formula is C23H27F4N3O. The zero-order valence-electron chi connectivity index (χ0n) is 18.1. The normalized spacial score (nSPS) is 16.3. The third-order valence-electron chi connectivity index (χ3n) is 4.80. The van der Waals surface area contributed by atoms with Crippen molar-refractivity contribution in [2.75, 3.05) is 5.32 Å². The average Bonchev–Trinajstić information content (AvgIpc) is 2.69. The van der Waals surface area contributed by atoms with Crippen molar-refractivity contribution in [1.82, 2.24) is 4.98 Å². The molecule has 1 amide bonds. The van der Waals surface area contributed by atoms with Crippen molar-refractivity contribution in [2.45, 2.75) is 65.1 Å². The summed E-state index contributed by atoms with van der Waals surface area (Å²) in [4.78, 5) is 20.0. The number of nitrogens with one attached hydrogen (secondary N) is 1. The number of carbonyl (C=O) groups is 1. The lowest BCUT2D eigenvalue weighted by Crippen LogP contribution is -2.21. The van der Waals surface area contributed by atoms with Gasteiger partial charge in [-0.05, 0) is 82.9 Å². The van der Waals surface area contributed by atoms with E-state index in [9.17, 15) is 22.4 Å². The van der Waals surface area contributed by atoms with E-state index in [4.69, 9.17) is 0 Å². The summed E-state index contributed by atoms with van der Waals surface area (Å²) in [7, 11) is 0. The van der Waals surface area contributed by atoms with E-state index in [1.54, 1.807) is 13.0 Å². The highest BCUT2D eigenvalue weighted by molar-refractivity contribution is 6.03. The Kier molecular flexibility index (Phi) is 8.30. The first-order chi connectivity index (χ1) is 14.5. The van der Waals surface area contributed by atoms with Gasteiger partial charge < -0.3 is 5.32 Å². The van der Waals surface area contributed by atoms with Crippen LogP contribution in [-0.2, 0) is 5.67 Å². The summed E-state index contributed by atoms with van der Waals surface area (Å²) in [6.45, 7) is 6.37. The predicted octanol–water partition coefficient (Wildman–Crippen LogP) is 6.25. The number of hydrogen-bond donors (Lipinski definition) is 1. The molecule has 1 unspecified atom stereocenters. The molecule has 1 aliphatic heterocycles. The second-order valence-electron chi connectivity index (χ2n) is 7.98. The number of benzene rings is 1. The van der Waals surface area contributed by atoms with Crippen LogP contribution in [0.25, 0.3) is 0 Å². The van der Waals surface area contributed by atoms with Crippen molar-refractivity contribution in [2.24, 2.45) is 4.99 Å². The predicted molar refractivity (Wildman–Crippen MR) is 114 cm³/mol. The summed E-state index contributed by atoms with van der Waals surface area (Å²) >= 11 is 0. The van der Waals surface area contributed by atoms with Gasteiger partial charge in [-0.15, -0.1) is 0 Å². The maximum Gasteiger partial charge on any atom is 0.274 e. The van der Waals surface area contributed by atoms with Crippen LogP contribution in [0, 0.1) is 12.7 Å². The van der Waals surface area contributed by atoms with Gasteiger partial charge in [-0.25, -0.2) is 17.6 Å². The molecule has 1 aromatic heterocycles. The number of amides is 1. The number of rotatable bonds is 4. The molecule has 0 aliphatic carbocycles. The molecular weight excluding hydrogens is 410 g/mol. The lowest BCUT2D eigenvalue weighted by Gasteiger charge is -2.17. The minimum Gasteiger partial charge on any atom is -0.321 e. The first-order valence-corrected chi connectivity index (χ1v) is 10.0. The van der Waals surface area contributed by atoms with E-state index in [0.717, 1.165) is 18.6 Å². The van der Waals surface area contributed by atoms with Gasteiger partial charge in [0.1, 0.15) is 23.2 Å².